The van der Waals surface area contributed by atoms with Crippen LogP contribution in [0.25, 0.3) is 22.3 Å². The molecule has 4 rings (SSSR count). The zero-order valence-corrected chi connectivity index (χ0v) is 13.2. The van der Waals surface area contributed by atoms with Crippen molar-refractivity contribution in [2.75, 3.05) is 5.32 Å². The van der Waals surface area contributed by atoms with Crippen LogP contribution in [0.3, 0.4) is 0 Å². The summed E-state index contributed by atoms with van der Waals surface area (Å²) < 4.78 is 0. The van der Waals surface area contributed by atoms with Gasteiger partial charge < -0.3 is 5.32 Å². The number of pyridine rings is 1. The number of benzene rings is 1. The molecule has 2 aromatic heterocycles. The lowest BCUT2D eigenvalue weighted by molar-refractivity contribution is 0.683. The van der Waals surface area contributed by atoms with Crippen LogP contribution in [-0.2, 0) is 0 Å². The molecule has 2 atom stereocenters. The molecule has 0 saturated heterocycles. The van der Waals surface area contributed by atoms with Crippen LogP contribution in [0.5, 0.6) is 0 Å². The molecule has 118 valence electrons. The molecule has 5 nitrogen and oxygen atoms in total. The molecule has 0 spiro atoms. The number of rotatable bonds is 3. The van der Waals surface area contributed by atoms with Gasteiger partial charge in [0.2, 0.25) is 0 Å². The van der Waals surface area contributed by atoms with E-state index in [9.17, 15) is 0 Å². The first-order valence-electron chi connectivity index (χ1n) is 8.17. The molecule has 0 bridgehead atoms. The molecule has 0 aliphatic heterocycles. The average molecular weight is 315 g/mol. The molecule has 24 heavy (non-hydrogen) atoms. The first-order valence-corrected chi connectivity index (χ1v) is 8.17. The maximum absolute atomic E-state index is 9.10. The van der Waals surface area contributed by atoms with E-state index in [4.69, 9.17) is 10.2 Å². The number of nitrogens with zero attached hydrogens (tertiary/aromatic N) is 4. The lowest BCUT2D eigenvalue weighted by atomic mass is 10.1. The average Bonchev–Trinajstić information content (AvgIpc) is 3.10. The Morgan fingerprint density at radius 2 is 2.00 bits per heavy atom. The maximum Gasteiger partial charge on any atom is 0.163 e. The van der Waals surface area contributed by atoms with Crippen molar-refractivity contribution in [2.45, 2.75) is 25.3 Å². The Kier molecular flexibility index (Phi) is 3.80. The van der Waals surface area contributed by atoms with Gasteiger partial charge >= 0.3 is 0 Å². The number of hydrogen-bond acceptors (Lipinski definition) is 5. The molecule has 1 N–H and O–H groups in total. The molecule has 5 heteroatoms. The van der Waals surface area contributed by atoms with Crippen molar-refractivity contribution in [1.82, 2.24) is 15.0 Å². The van der Waals surface area contributed by atoms with Gasteiger partial charge in [0.05, 0.1) is 11.6 Å². The summed E-state index contributed by atoms with van der Waals surface area (Å²) in [4.78, 5) is 13.6. The molecule has 1 aliphatic rings. The highest BCUT2D eigenvalue weighted by molar-refractivity contribution is 5.90. The van der Waals surface area contributed by atoms with Gasteiger partial charge in [0, 0.05) is 35.3 Å². The summed E-state index contributed by atoms with van der Waals surface area (Å²) >= 11 is 0. The first kappa shape index (κ1) is 14.6. The van der Waals surface area contributed by atoms with E-state index < -0.39 is 0 Å². The fraction of sp³-hybridized carbons (Fsp3) is 0.263. The zero-order chi connectivity index (χ0) is 16.4. The molecule has 2 heterocycles. The highest BCUT2D eigenvalue weighted by atomic mass is 15.1. The molecule has 0 amide bonds. The molecule has 0 radical (unpaired) electrons. The summed E-state index contributed by atoms with van der Waals surface area (Å²) in [5, 5.41) is 13.6. The fourth-order valence-electron chi connectivity index (χ4n) is 3.23. The van der Waals surface area contributed by atoms with Crippen LogP contribution < -0.4 is 5.32 Å². The van der Waals surface area contributed by atoms with E-state index in [1.807, 2.05) is 36.4 Å². The van der Waals surface area contributed by atoms with Gasteiger partial charge in [0.15, 0.2) is 5.82 Å². The Balaban J connectivity index is 1.74. The van der Waals surface area contributed by atoms with Gasteiger partial charge in [0.25, 0.3) is 0 Å². The van der Waals surface area contributed by atoms with Crippen molar-refractivity contribution in [3.63, 3.8) is 0 Å². The second-order valence-electron chi connectivity index (χ2n) is 6.14. The third-order valence-corrected chi connectivity index (χ3v) is 4.48. The summed E-state index contributed by atoms with van der Waals surface area (Å²) in [7, 11) is 0. The predicted octanol–water partition coefficient (Wildman–Crippen LogP) is 3.80. The summed E-state index contributed by atoms with van der Waals surface area (Å²) in [6, 6.07) is 14.5. The molecule has 1 aliphatic carbocycles. The number of nitriles is 1. The zero-order valence-electron chi connectivity index (χ0n) is 13.2. The standard InChI is InChI=1S/C19H17N5/c20-11-13-7-8-15(10-13)22-19-16-5-1-2-6-17(16)23-18(24-19)14-4-3-9-21-12-14/h1-6,9,12-13,15H,7-8,10H2,(H,22,23,24). The smallest absolute Gasteiger partial charge is 0.163 e. The van der Waals surface area contributed by atoms with Crippen LogP contribution in [0.1, 0.15) is 19.3 Å². The van der Waals surface area contributed by atoms with Gasteiger partial charge in [-0.25, -0.2) is 9.97 Å². The van der Waals surface area contributed by atoms with Crippen molar-refractivity contribution in [1.29, 1.82) is 5.26 Å². The van der Waals surface area contributed by atoms with Crippen LogP contribution in [0.4, 0.5) is 5.82 Å². The number of nitrogens with one attached hydrogen (secondary N) is 1. The van der Waals surface area contributed by atoms with Crippen molar-refractivity contribution >= 4 is 16.7 Å². The second kappa shape index (κ2) is 6.25. The minimum atomic E-state index is 0.147. The van der Waals surface area contributed by atoms with E-state index in [2.05, 4.69) is 21.4 Å². The normalized spacial score (nSPS) is 20.0. The van der Waals surface area contributed by atoms with Gasteiger partial charge in [-0.2, -0.15) is 5.26 Å². The monoisotopic (exact) mass is 315 g/mol. The van der Waals surface area contributed by atoms with Gasteiger partial charge in [0.1, 0.15) is 5.82 Å². The molecular weight excluding hydrogens is 298 g/mol. The van der Waals surface area contributed by atoms with E-state index in [0.29, 0.717) is 5.82 Å². The predicted molar refractivity (Wildman–Crippen MR) is 93.1 cm³/mol. The fourth-order valence-corrected chi connectivity index (χ4v) is 3.23. The van der Waals surface area contributed by atoms with E-state index in [1.54, 1.807) is 12.4 Å². The number of anilines is 1. The quantitative estimate of drug-likeness (QED) is 0.795. The third-order valence-electron chi connectivity index (χ3n) is 4.48. The second-order valence-corrected chi connectivity index (χ2v) is 6.14. The lowest BCUT2D eigenvalue weighted by Crippen LogP contribution is -2.17. The van der Waals surface area contributed by atoms with Gasteiger partial charge in [-0.05, 0) is 43.5 Å². The molecular formula is C19H17N5. The summed E-state index contributed by atoms with van der Waals surface area (Å²) in [6.07, 6.45) is 6.34. The van der Waals surface area contributed by atoms with E-state index in [-0.39, 0.29) is 12.0 Å². The summed E-state index contributed by atoms with van der Waals surface area (Å²) in [5.41, 5.74) is 1.80. The van der Waals surface area contributed by atoms with Crippen LogP contribution >= 0.6 is 0 Å². The molecule has 2 unspecified atom stereocenters. The topological polar surface area (TPSA) is 74.5 Å². The Bertz CT molecular complexity index is 901. The number of para-hydroxylation sites is 1. The van der Waals surface area contributed by atoms with E-state index in [1.165, 1.54) is 0 Å². The Morgan fingerprint density at radius 1 is 1.08 bits per heavy atom. The number of fused-ring (bicyclic) bond motifs is 1. The van der Waals surface area contributed by atoms with Gasteiger partial charge in [-0.15, -0.1) is 0 Å². The largest absolute Gasteiger partial charge is 0.367 e. The Morgan fingerprint density at radius 3 is 2.79 bits per heavy atom. The van der Waals surface area contributed by atoms with Crippen molar-refractivity contribution in [3.8, 4) is 17.5 Å². The molecule has 1 aromatic carbocycles. The van der Waals surface area contributed by atoms with Crippen molar-refractivity contribution in [3.05, 3.63) is 48.8 Å². The minimum Gasteiger partial charge on any atom is -0.367 e. The molecule has 3 aromatic rings. The highest BCUT2D eigenvalue weighted by Gasteiger charge is 2.25. The SMILES string of the molecule is N#CC1CCC(Nc2nc(-c3cccnc3)nc3ccccc23)C1. The molecule has 1 fully saturated rings. The van der Waals surface area contributed by atoms with Crippen LogP contribution in [0.15, 0.2) is 48.8 Å². The number of aromatic nitrogens is 3. The van der Waals surface area contributed by atoms with Crippen LogP contribution in [0, 0.1) is 17.2 Å². The Hall–Kier alpha value is -3.00. The van der Waals surface area contributed by atoms with Crippen LogP contribution in [0.2, 0.25) is 0 Å². The first-order chi connectivity index (χ1) is 11.8. The number of hydrogen-bond donors (Lipinski definition) is 1. The van der Waals surface area contributed by atoms with Crippen LogP contribution in [-0.4, -0.2) is 21.0 Å². The highest BCUT2D eigenvalue weighted by Crippen LogP contribution is 2.30. The summed E-state index contributed by atoms with van der Waals surface area (Å²) in [5.74, 6) is 1.65. The third kappa shape index (κ3) is 2.79. The van der Waals surface area contributed by atoms with Gasteiger partial charge in [-0.1, -0.05) is 12.1 Å². The summed E-state index contributed by atoms with van der Waals surface area (Å²) in [6.45, 7) is 0. The lowest BCUT2D eigenvalue weighted by Gasteiger charge is -2.15. The molecule has 1 saturated carbocycles. The van der Waals surface area contributed by atoms with Crippen molar-refractivity contribution < 1.29 is 0 Å². The van der Waals surface area contributed by atoms with Crippen molar-refractivity contribution in [2.24, 2.45) is 5.92 Å². The Labute approximate surface area is 140 Å². The van der Waals surface area contributed by atoms with E-state index in [0.717, 1.165) is 41.5 Å². The maximum atomic E-state index is 9.10. The minimum absolute atomic E-state index is 0.147. The van der Waals surface area contributed by atoms with E-state index >= 15 is 0 Å². The van der Waals surface area contributed by atoms with Gasteiger partial charge in [-0.3, -0.25) is 4.98 Å².